The highest BCUT2D eigenvalue weighted by molar-refractivity contribution is 5.99. The molecule has 2 fully saturated rings. The van der Waals surface area contributed by atoms with Crippen LogP contribution >= 0.6 is 0 Å². The van der Waals surface area contributed by atoms with Gasteiger partial charge in [0.2, 0.25) is 11.8 Å². The number of nitrogens with one attached hydrogen (secondary N) is 1. The van der Waals surface area contributed by atoms with Crippen LogP contribution in [0.5, 0.6) is 0 Å². The molecule has 24 heavy (non-hydrogen) atoms. The van der Waals surface area contributed by atoms with Gasteiger partial charge in [0, 0.05) is 37.9 Å². The summed E-state index contributed by atoms with van der Waals surface area (Å²) in [5.41, 5.74) is 0.202. The average Bonchev–Trinajstić information content (AvgIpc) is 3.38. The van der Waals surface area contributed by atoms with E-state index in [0.717, 1.165) is 31.8 Å². The Labute approximate surface area is 139 Å². The Bertz CT molecular complexity index is 645. The summed E-state index contributed by atoms with van der Waals surface area (Å²) >= 11 is 0. The lowest BCUT2D eigenvalue weighted by molar-refractivity contribution is -0.135. The van der Waals surface area contributed by atoms with Crippen LogP contribution in [0.1, 0.15) is 13.3 Å². The Kier molecular flexibility index (Phi) is 4.80. The molecule has 5 nitrogen and oxygen atoms in total. The number of anilines is 1. The first-order valence-corrected chi connectivity index (χ1v) is 8.26. The molecule has 2 unspecified atom stereocenters. The van der Waals surface area contributed by atoms with Crippen LogP contribution < -0.4 is 5.32 Å². The number of hydrogen-bond acceptors (Lipinski definition) is 3. The van der Waals surface area contributed by atoms with Crippen LogP contribution in [0.4, 0.5) is 14.5 Å². The summed E-state index contributed by atoms with van der Waals surface area (Å²) in [6, 6.07) is 3.21. The molecule has 2 amide bonds. The Balaban J connectivity index is 1.52. The molecule has 7 heteroatoms. The molecule has 0 radical (unpaired) electrons. The van der Waals surface area contributed by atoms with Crippen LogP contribution in [0.3, 0.4) is 0 Å². The van der Waals surface area contributed by atoms with Crippen LogP contribution in [0, 0.1) is 23.5 Å². The monoisotopic (exact) mass is 337 g/mol. The molecule has 1 heterocycles. The number of amides is 2. The highest BCUT2D eigenvalue weighted by Crippen LogP contribution is 2.41. The number of carbonyl (C=O) groups is 2. The minimum absolute atomic E-state index is 0.0242. The lowest BCUT2D eigenvalue weighted by atomic mass is 10.2. The number of likely N-dealkylation sites (N-methyl/N-ethyl adjacent to an activating group) is 1. The van der Waals surface area contributed by atoms with Crippen molar-refractivity contribution in [2.45, 2.75) is 13.3 Å². The smallest absolute Gasteiger partial charge is 0.228 e. The van der Waals surface area contributed by atoms with Gasteiger partial charge in [0.15, 0.2) is 11.6 Å². The third kappa shape index (κ3) is 3.56. The van der Waals surface area contributed by atoms with E-state index in [-0.39, 0.29) is 29.3 Å². The number of carbonyl (C=O) groups excluding carboxylic acids is 2. The molecule has 1 aromatic rings. The first-order valence-electron chi connectivity index (χ1n) is 8.26. The fraction of sp³-hybridized carbons (Fsp3) is 0.529. The van der Waals surface area contributed by atoms with Gasteiger partial charge < -0.3 is 15.1 Å². The minimum atomic E-state index is -1.01. The number of hydrogen-bond donors (Lipinski definition) is 1. The Morgan fingerprint density at radius 3 is 2.46 bits per heavy atom. The zero-order valence-corrected chi connectivity index (χ0v) is 13.6. The van der Waals surface area contributed by atoms with Crippen molar-refractivity contribution in [3.8, 4) is 0 Å². The molecule has 1 saturated heterocycles. The summed E-state index contributed by atoms with van der Waals surface area (Å²) in [5, 5.41) is 2.55. The van der Waals surface area contributed by atoms with Crippen molar-refractivity contribution in [1.29, 1.82) is 0 Å². The Morgan fingerprint density at radius 1 is 1.12 bits per heavy atom. The van der Waals surface area contributed by atoms with Gasteiger partial charge in [0.1, 0.15) is 0 Å². The van der Waals surface area contributed by atoms with Crippen molar-refractivity contribution >= 4 is 17.5 Å². The number of benzene rings is 1. The third-order valence-electron chi connectivity index (χ3n) is 4.76. The first kappa shape index (κ1) is 16.8. The van der Waals surface area contributed by atoms with Gasteiger partial charge in [-0.25, -0.2) is 8.78 Å². The van der Waals surface area contributed by atoms with Gasteiger partial charge >= 0.3 is 0 Å². The van der Waals surface area contributed by atoms with Crippen molar-refractivity contribution in [1.82, 2.24) is 9.80 Å². The van der Waals surface area contributed by atoms with Crippen molar-refractivity contribution in [3.05, 3.63) is 29.8 Å². The van der Waals surface area contributed by atoms with Gasteiger partial charge in [-0.1, -0.05) is 6.92 Å². The lowest BCUT2D eigenvalue weighted by Crippen LogP contribution is -2.49. The summed E-state index contributed by atoms with van der Waals surface area (Å²) in [5.74, 6) is -2.93. The normalized spacial score (nSPS) is 23.9. The quantitative estimate of drug-likeness (QED) is 0.910. The molecule has 1 saturated carbocycles. The van der Waals surface area contributed by atoms with Crippen LogP contribution in [0.2, 0.25) is 0 Å². The van der Waals surface area contributed by atoms with Crippen LogP contribution in [0.15, 0.2) is 18.2 Å². The van der Waals surface area contributed by atoms with Gasteiger partial charge in [-0.2, -0.15) is 0 Å². The number of piperazine rings is 1. The van der Waals surface area contributed by atoms with E-state index >= 15 is 0 Å². The van der Waals surface area contributed by atoms with Gasteiger partial charge in [-0.05, 0) is 25.1 Å². The van der Waals surface area contributed by atoms with Gasteiger partial charge in [0.25, 0.3) is 0 Å². The highest BCUT2D eigenvalue weighted by atomic mass is 19.2. The SMILES string of the molecule is CCN1CCN(C(=O)C2CC2C(=O)Nc2ccc(F)c(F)c2)CC1. The second kappa shape index (κ2) is 6.84. The summed E-state index contributed by atoms with van der Waals surface area (Å²) in [7, 11) is 0. The largest absolute Gasteiger partial charge is 0.340 e. The van der Waals surface area contributed by atoms with E-state index in [1.54, 1.807) is 0 Å². The molecular weight excluding hydrogens is 316 g/mol. The van der Waals surface area contributed by atoms with E-state index in [2.05, 4.69) is 17.1 Å². The molecule has 0 bridgehead atoms. The van der Waals surface area contributed by atoms with E-state index in [1.807, 2.05) is 4.90 Å². The summed E-state index contributed by atoms with van der Waals surface area (Å²) in [6.45, 7) is 6.18. The van der Waals surface area contributed by atoms with Crippen LogP contribution in [-0.4, -0.2) is 54.3 Å². The Morgan fingerprint density at radius 2 is 1.83 bits per heavy atom. The van der Waals surface area contributed by atoms with Gasteiger partial charge in [0.05, 0.1) is 11.8 Å². The first-order chi connectivity index (χ1) is 11.5. The molecule has 0 aromatic heterocycles. The van der Waals surface area contributed by atoms with Gasteiger partial charge in [-0.15, -0.1) is 0 Å². The molecule has 0 spiro atoms. The molecule has 1 aliphatic heterocycles. The van der Waals surface area contributed by atoms with Gasteiger partial charge in [-0.3, -0.25) is 9.59 Å². The van der Waals surface area contributed by atoms with E-state index in [0.29, 0.717) is 19.5 Å². The maximum absolute atomic E-state index is 13.2. The highest BCUT2D eigenvalue weighted by Gasteiger charge is 2.49. The predicted octanol–water partition coefficient (Wildman–Crippen LogP) is 1.70. The maximum atomic E-state index is 13.2. The summed E-state index contributed by atoms with van der Waals surface area (Å²) in [6.07, 6.45) is 0.516. The number of rotatable bonds is 4. The second-order valence-electron chi connectivity index (χ2n) is 6.33. The van der Waals surface area contributed by atoms with Crippen molar-refractivity contribution < 1.29 is 18.4 Å². The third-order valence-corrected chi connectivity index (χ3v) is 4.76. The van der Waals surface area contributed by atoms with Crippen molar-refractivity contribution in [2.75, 3.05) is 38.0 Å². The maximum Gasteiger partial charge on any atom is 0.228 e. The van der Waals surface area contributed by atoms with E-state index in [4.69, 9.17) is 0 Å². The van der Waals surface area contributed by atoms with E-state index in [1.165, 1.54) is 6.07 Å². The standard InChI is InChI=1S/C17H21F2N3O2/c1-2-21-5-7-22(8-6-21)17(24)13-10-12(13)16(23)20-11-3-4-14(18)15(19)9-11/h3-4,9,12-13H,2,5-8,10H2,1H3,(H,20,23). The average molecular weight is 337 g/mol. The zero-order chi connectivity index (χ0) is 17.3. The van der Waals surface area contributed by atoms with Crippen molar-refractivity contribution in [3.63, 3.8) is 0 Å². The predicted molar refractivity (Wildman–Crippen MR) is 85.3 cm³/mol. The molecule has 130 valence electrons. The fourth-order valence-electron chi connectivity index (χ4n) is 3.09. The van der Waals surface area contributed by atoms with E-state index in [9.17, 15) is 18.4 Å². The zero-order valence-electron chi connectivity index (χ0n) is 13.6. The summed E-state index contributed by atoms with van der Waals surface area (Å²) < 4.78 is 26.1. The van der Waals surface area contributed by atoms with Crippen LogP contribution in [0.25, 0.3) is 0 Å². The number of nitrogens with zero attached hydrogens (tertiary/aromatic N) is 2. The molecule has 2 atom stereocenters. The topological polar surface area (TPSA) is 52.7 Å². The molecule has 2 aliphatic rings. The number of halogens is 2. The molecule has 1 N–H and O–H groups in total. The van der Waals surface area contributed by atoms with Crippen molar-refractivity contribution in [2.24, 2.45) is 11.8 Å². The molecular formula is C17H21F2N3O2. The van der Waals surface area contributed by atoms with E-state index < -0.39 is 11.6 Å². The van der Waals surface area contributed by atoms with Crippen LogP contribution in [-0.2, 0) is 9.59 Å². The Hall–Kier alpha value is -2.02. The molecule has 1 aromatic carbocycles. The molecule has 1 aliphatic carbocycles. The lowest BCUT2D eigenvalue weighted by Gasteiger charge is -2.34. The summed E-state index contributed by atoms with van der Waals surface area (Å²) in [4.78, 5) is 28.7. The second-order valence-corrected chi connectivity index (χ2v) is 6.33. The fourth-order valence-corrected chi connectivity index (χ4v) is 3.09. The molecule has 3 rings (SSSR count). The minimum Gasteiger partial charge on any atom is -0.340 e.